The van der Waals surface area contributed by atoms with Crippen LogP contribution in [0, 0.1) is 0 Å². The number of hydrogen-bond donors (Lipinski definition) is 1. The van der Waals surface area contributed by atoms with E-state index in [1.54, 1.807) is 37.2 Å². The zero-order valence-electron chi connectivity index (χ0n) is 38.9. The average molecular weight is 1010 g/mol. The molecule has 348 valence electrons. The molecule has 0 unspecified atom stereocenters. The van der Waals surface area contributed by atoms with E-state index in [2.05, 4.69) is 187 Å². The number of hydrogen-bond acceptors (Lipinski definition) is 8. The molecule has 0 spiro atoms. The van der Waals surface area contributed by atoms with Gasteiger partial charge in [-0.2, -0.15) is 0 Å². The summed E-state index contributed by atoms with van der Waals surface area (Å²) in [4.78, 5) is 20.6. The van der Waals surface area contributed by atoms with Crippen molar-refractivity contribution in [3.05, 3.63) is 248 Å². The second-order valence-corrected chi connectivity index (χ2v) is 17.8. The standard InChI is InChI=1S/C30H20N6.C18H12BrN5.C12H9N/c1-3-10-27-24(7-1)25-8-2-4-11-28(25)35(27)22-14-12-21(13-15-22)29-33-34-30(26-9-5-6-18-32-26)36(29)23-16-19-31-20-17-23;19-14-6-4-13(5-7-14)17-22-23-18(16-3-1-2-10-21-16)24(17)15-8-11-20-12-9-15;1-3-7-11-9(5-1)10-6-2-4-8-12(10)13-11/h1-20H;1-12H;1-8,13H. The summed E-state index contributed by atoms with van der Waals surface area (Å²) in [6, 6.07) is 69.6. The first kappa shape index (κ1) is 44.5. The fourth-order valence-electron chi connectivity index (χ4n) is 9.10. The van der Waals surface area contributed by atoms with Gasteiger partial charge in [-0.05, 0) is 109 Å². The van der Waals surface area contributed by atoms with Gasteiger partial charge in [-0.3, -0.25) is 29.1 Å². The van der Waals surface area contributed by atoms with Crippen molar-refractivity contribution in [3.8, 4) is 62.9 Å². The molecule has 0 amide bonds. The van der Waals surface area contributed by atoms with Crippen molar-refractivity contribution in [1.29, 1.82) is 0 Å². The van der Waals surface area contributed by atoms with Crippen molar-refractivity contribution in [2.45, 2.75) is 0 Å². The molecular weight excluding hydrogens is 969 g/mol. The zero-order chi connectivity index (χ0) is 48.9. The number of halogens is 1. The van der Waals surface area contributed by atoms with Crippen LogP contribution in [0.25, 0.3) is 106 Å². The molecule has 12 nitrogen and oxygen atoms in total. The molecule has 0 saturated carbocycles. The van der Waals surface area contributed by atoms with Crippen LogP contribution >= 0.6 is 15.9 Å². The van der Waals surface area contributed by atoms with Gasteiger partial charge in [-0.1, -0.05) is 113 Å². The average Bonchev–Trinajstić information content (AvgIpc) is 4.28. The number of aromatic nitrogens is 12. The fraction of sp³-hybridized carbons (Fsp3) is 0. The highest BCUT2D eigenvalue weighted by molar-refractivity contribution is 9.10. The Morgan fingerprint density at radius 2 is 0.699 bits per heavy atom. The van der Waals surface area contributed by atoms with Gasteiger partial charge in [-0.25, -0.2) is 0 Å². The maximum atomic E-state index is 4.58. The summed E-state index contributed by atoms with van der Waals surface area (Å²) >= 11 is 3.46. The largest absolute Gasteiger partial charge is 0.355 e. The molecule has 0 bridgehead atoms. The third-order valence-electron chi connectivity index (χ3n) is 12.4. The Balaban J connectivity index is 0.000000125. The number of H-pyrrole nitrogens is 1. The van der Waals surface area contributed by atoms with E-state index < -0.39 is 0 Å². The van der Waals surface area contributed by atoms with E-state index in [9.17, 15) is 0 Å². The molecule has 6 aromatic carbocycles. The Labute approximate surface area is 427 Å². The highest BCUT2D eigenvalue weighted by atomic mass is 79.9. The summed E-state index contributed by atoms with van der Waals surface area (Å²) in [5, 5.41) is 23.0. The molecule has 0 saturated heterocycles. The number of nitrogens with zero attached hydrogens (tertiary/aromatic N) is 11. The third kappa shape index (κ3) is 8.81. The first-order chi connectivity index (χ1) is 36.2. The summed E-state index contributed by atoms with van der Waals surface area (Å²) in [6.07, 6.45) is 10.6. The Hall–Kier alpha value is -9.72. The van der Waals surface area contributed by atoms with Crippen LogP contribution < -0.4 is 0 Å². The summed E-state index contributed by atoms with van der Waals surface area (Å²) in [5.41, 5.74) is 11.2. The SMILES string of the molecule is Brc1ccc(-c2nnc(-c3ccccn3)n2-c2ccncc2)cc1.c1ccc(-c2nnc(-c3ccc(-n4c5ccccc5c5ccccc54)cc3)n2-c2ccncc2)nc1.c1ccc2c(c1)[nH]c1ccccc12. The van der Waals surface area contributed by atoms with Crippen LogP contribution in [0.2, 0.25) is 0 Å². The molecule has 0 fully saturated rings. The topological polar surface area (TPSA) is 134 Å². The zero-order valence-corrected chi connectivity index (χ0v) is 40.5. The summed E-state index contributed by atoms with van der Waals surface area (Å²) in [6.45, 7) is 0. The molecule has 14 rings (SSSR count). The Kier molecular flexibility index (Phi) is 12.2. The van der Waals surface area contributed by atoms with Gasteiger partial charge in [0.25, 0.3) is 0 Å². The van der Waals surface area contributed by atoms with E-state index in [4.69, 9.17) is 0 Å². The van der Waals surface area contributed by atoms with Crippen molar-refractivity contribution in [2.24, 2.45) is 0 Å². The van der Waals surface area contributed by atoms with Crippen LogP contribution in [0.15, 0.2) is 248 Å². The lowest BCUT2D eigenvalue weighted by Crippen LogP contribution is -2.01. The number of aromatic amines is 1. The van der Waals surface area contributed by atoms with Crippen LogP contribution in [0.5, 0.6) is 0 Å². The number of para-hydroxylation sites is 4. The molecule has 0 atom stereocenters. The summed E-state index contributed by atoms with van der Waals surface area (Å²) < 4.78 is 7.35. The molecule has 1 N–H and O–H groups in total. The van der Waals surface area contributed by atoms with Gasteiger partial charge >= 0.3 is 0 Å². The monoisotopic (exact) mass is 1010 g/mol. The fourth-order valence-corrected chi connectivity index (χ4v) is 9.36. The van der Waals surface area contributed by atoms with Crippen molar-refractivity contribution in [3.63, 3.8) is 0 Å². The van der Waals surface area contributed by atoms with Gasteiger partial charge in [0.15, 0.2) is 23.3 Å². The lowest BCUT2D eigenvalue weighted by atomic mass is 10.1. The van der Waals surface area contributed by atoms with Crippen molar-refractivity contribution in [2.75, 3.05) is 0 Å². The highest BCUT2D eigenvalue weighted by Gasteiger charge is 2.20. The van der Waals surface area contributed by atoms with Crippen LogP contribution in [0.4, 0.5) is 0 Å². The van der Waals surface area contributed by atoms with Crippen LogP contribution in [-0.2, 0) is 0 Å². The number of pyridine rings is 4. The number of rotatable bonds is 7. The number of nitrogens with one attached hydrogen (secondary N) is 1. The first-order valence-electron chi connectivity index (χ1n) is 23.5. The summed E-state index contributed by atoms with van der Waals surface area (Å²) in [5.74, 6) is 2.88. The Morgan fingerprint density at radius 1 is 0.315 bits per heavy atom. The minimum absolute atomic E-state index is 0.684. The maximum Gasteiger partial charge on any atom is 0.187 e. The van der Waals surface area contributed by atoms with Gasteiger partial charge in [0.1, 0.15) is 11.4 Å². The number of fused-ring (bicyclic) bond motifs is 6. The molecule has 73 heavy (non-hydrogen) atoms. The first-order valence-corrected chi connectivity index (χ1v) is 24.3. The van der Waals surface area contributed by atoms with Crippen molar-refractivity contribution in [1.82, 2.24) is 59.0 Å². The molecule has 14 aromatic rings. The lowest BCUT2D eigenvalue weighted by molar-refractivity contribution is 1.05. The Morgan fingerprint density at radius 3 is 1.15 bits per heavy atom. The lowest BCUT2D eigenvalue weighted by Gasteiger charge is -2.12. The minimum atomic E-state index is 0.684. The van der Waals surface area contributed by atoms with Gasteiger partial charge in [0.05, 0.1) is 22.4 Å². The van der Waals surface area contributed by atoms with E-state index in [1.165, 1.54) is 43.6 Å². The second kappa shape index (κ2) is 19.9. The van der Waals surface area contributed by atoms with E-state index in [1.807, 2.05) is 94.1 Å². The summed E-state index contributed by atoms with van der Waals surface area (Å²) in [7, 11) is 0. The molecule has 0 aliphatic carbocycles. The van der Waals surface area contributed by atoms with Crippen LogP contribution in [-0.4, -0.2) is 59.0 Å². The predicted octanol–water partition coefficient (Wildman–Crippen LogP) is 14.0. The smallest absolute Gasteiger partial charge is 0.187 e. The molecule has 0 aliphatic rings. The van der Waals surface area contributed by atoms with E-state index in [0.29, 0.717) is 11.6 Å². The maximum absolute atomic E-state index is 4.58. The number of benzene rings is 6. The normalized spacial score (nSPS) is 11.1. The minimum Gasteiger partial charge on any atom is -0.355 e. The third-order valence-corrected chi connectivity index (χ3v) is 13.0. The Bertz CT molecular complexity index is 4030. The van der Waals surface area contributed by atoms with Crippen molar-refractivity contribution < 1.29 is 0 Å². The van der Waals surface area contributed by atoms with E-state index in [-0.39, 0.29) is 0 Å². The van der Waals surface area contributed by atoms with Gasteiger partial charge in [0, 0.05) is 91.0 Å². The van der Waals surface area contributed by atoms with Crippen molar-refractivity contribution >= 4 is 59.5 Å². The van der Waals surface area contributed by atoms with Gasteiger partial charge < -0.3 is 9.55 Å². The van der Waals surface area contributed by atoms with E-state index in [0.717, 1.165) is 55.7 Å². The van der Waals surface area contributed by atoms with Gasteiger partial charge in [-0.15, -0.1) is 20.4 Å². The highest BCUT2D eigenvalue weighted by Crippen LogP contribution is 2.34. The molecule has 8 heterocycles. The van der Waals surface area contributed by atoms with Crippen LogP contribution in [0.1, 0.15) is 0 Å². The van der Waals surface area contributed by atoms with Crippen LogP contribution in [0.3, 0.4) is 0 Å². The predicted molar refractivity (Wildman–Crippen MR) is 293 cm³/mol. The molecule has 8 aromatic heterocycles. The molecule has 0 radical (unpaired) electrons. The second-order valence-electron chi connectivity index (χ2n) is 16.8. The quantitative estimate of drug-likeness (QED) is 0.167. The van der Waals surface area contributed by atoms with E-state index >= 15 is 0 Å². The van der Waals surface area contributed by atoms with Gasteiger partial charge in [0.2, 0.25) is 0 Å². The molecule has 0 aliphatic heterocycles. The molecular formula is C60H41BrN12. The molecule has 13 heteroatoms.